The average Bonchev–Trinajstić information content (AvgIpc) is 3.04. The van der Waals surface area contributed by atoms with Crippen LogP contribution in [-0.2, 0) is 13.0 Å². The number of anilines is 2. The highest BCUT2D eigenvalue weighted by atomic mass is 32.1. The van der Waals surface area contributed by atoms with Gasteiger partial charge in [-0.2, -0.15) is 10.1 Å². The molecule has 3 aromatic heterocycles. The average molecular weight is 302 g/mol. The lowest BCUT2D eigenvalue weighted by Crippen LogP contribution is -2.12. The fraction of sp³-hybridized carbons (Fsp3) is 0.357. The number of aromatic nitrogens is 4. The zero-order chi connectivity index (χ0) is 14.8. The van der Waals surface area contributed by atoms with Crippen LogP contribution in [0.1, 0.15) is 17.4 Å². The summed E-state index contributed by atoms with van der Waals surface area (Å²) in [4.78, 5) is 10.8. The molecule has 0 aromatic carbocycles. The molecule has 0 aliphatic rings. The van der Waals surface area contributed by atoms with E-state index in [2.05, 4.69) is 33.4 Å². The highest BCUT2D eigenvalue weighted by molar-refractivity contribution is 7.18. The molecule has 3 rings (SSSR count). The fourth-order valence-corrected chi connectivity index (χ4v) is 3.15. The van der Waals surface area contributed by atoms with Crippen LogP contribution in [0, 0.1) is 6.92 Å². The minimum atomic E-state index is 0.310. The number of thiophene rings is 1. The van der Waals surface area contributed by atoms with Gasteiger partial charge in [-0.3, -0.25) is 4.68 Å². The normalized spacial score (nSPS) is 11.1. The Morgan fingerprint density at radius 2 is 2.24 bits per heavy atom. The van der Waals surface area contributed by atoms with Gasteiger partial charge in [0.05, 0.1) is 18.1 Å². The third-order valence-corrected chi connectivity index (χ3v) is 4.38. The summed E-state index contributed by atoms with van der Waals surface area (Å²) in [5.74, 6) is 1.11. The van der Waals surface area contributed by atoms with Crippen molar-refractivity contribution in [2.75, 3.05) is 17.6 Å². The number of nitrogens with zero attached hydrogens (tertiary/aromatic N) is 4. The SMILES string of the molecule is CCc1cc2c(NCCn3cc(C)cn3)nc(N)nc2s1. The quantitative estimate of drug-likeness (QED) is 0.756. The first-order chi connectivity index (χ1) is 10.2. The van der Waals surface area contributed by atoms with Crippen molar-refractivity contribution in [3.8, 4) is 0 Å². The van der Waals surface area contributed by atoms with Crippen molar-refractivity contribution in [1.29, 1.82) is 0 Å². The second-order valence-corrected chi connectivity index (χ2v) is 6.04. The van der Waals surface area contributed by atoms with Crippen molar-refractivity contribution in [3.63, 3.8) is 0 Å². The van der Waals surface area contributed by atoms with Gasteiger partial charge in [0, 0.05) is 17.6 Å². The second kappa shape index (κ2) is 5.69. The summed E-state index contributed by atoms with van der Waals surface area (Å²) in [6.45, 7) is 5.69. The van der Waals surface area contributed by atoms with Gasteiger partial charge in [-0.25, -0.2) is 4.98 Å². The molecule has 0 atom stereocenters. The largest absolute Gasteiger partial charge is 0.368 e. The van der Waals surface area contributed by atoms with E-state index >= 15 is 0 Å². The third kappa shape index (κ3) is 2.97. The number of nitrogens with one attached hydrogen (secondary N) is 1. The van der Waals surface area contributed by atoms with Crippen LogP contribution in [0.3, 0.4) is 0 Å². The molecular weight excluding hydrogens is 284 g/mol. The zero-order valence-electron chi connectivity index (χ0n) is 12.1. The van der Waals surface area contributed by atoms with Crippen molar-refractivity contribution >= 4 is 33.3 Å². The van der Waals surface area contributed by atoms with Crippen molar-refractivity contribution in [1.82, 2.24) is 19.7 Å². The summed E-state index contributed by atoms with van der Waals surface area (Å²) in [5, 5.41) is 8.65. The maximum atomic E-state index is 5.79. The van der Waals surface area contributed by atoms with Crippen molar-refractivity contribution in [2.45, 2.75) is 26.8 Å². The Labute approximate surface area is 127 Å². The lowest BCUT2D eigenvalue weighted by atomic mass is 10.3. The summed E-state index contributed by atoms with van der Waals surface area (Å²) >= 11 is 1.67. The molecule has 0 aliphatic heterocycles. The van der Waals surface area contributed by atoms with E-state index in [9.17, 15) is 0 Å². The van der Waals surface area contributed by atoms with Crippen LogP contribution in [0.25, 0.3) is 10.2 Å². The number of nitrogen functional groups attached to an aromatic ring is 1. The molecule has 0 fully saturated rings. The van der Waals surface area contributed by atoms with Gasteiger partial charge in [0.25, 0.3) is 0 Å². The highest BCUT2D eigenvalue weighted by Crippen LogP contribution is 2.29. The predicted molar refractivity (Wildman–Crippen MR) is 86.7 cm³/mol. The molecule has 0 unspecified atom stereocenters. The highest BCUT2D eigenvalue weighted by Gasteiger charge is 2.09. The van der Waals surface area contributed by atoms with Gasteiger partial charge in [0.2, 0.25) is 5.95 Å². The van der Waals surface area contributed by atoms with Gasteiger partial charge >= 0.3 is 0 Å². The Morgan fingerprint density at radius 1 is 1.38 bits per heavy atom. The minimum absolute atomic E-state index is 0.310. The summed E-state index contributed by atoms with van der Waals surface area (Å²) < 4.78 is 1.91. The molecular formula is C14H18N6S. The molecule has 21 heavy (non-hydrogen) atoms. The fourth-order valence-electron chi connectivity index (χ4n) is 2.17. The Bertz CT molecular complexity index is 760. The van der Waals surface area contributed by atoms with E-state index in [-0.39, 0.29) is 0 Å². The molecule has 7 heteroatoms. The standard InChI is InChI=1S/C14H18N6S/c1-3-10-6-11-12(18-14(15)19-13(11)21-10)16-4-5-20-8-9(2)7-17-20/h6-8H,3-5H2,1-2H3,(H3,15,16,18,19). The summed E-state index contributed by atoms with van der Waals surface area (Å²) in [6, 6.07) is 2.14. The molecule has 0 spiro atoms. The first kappa shape index (κ1) is 13.8. The van der Waals surface area contributed by atoms with Crippen LogP contribution in [0.5, 0.6) is 0 Å². The van der Waals surface area contributed by atoms with E-state index in [1.807, 2.05) is 24.0 Å². The molecule has 3 heterocycles. The van der Waals surface area contributed by atoms with Crippen molar-refractivity contribution in [3.05, 3.63) is 28.9 Å². The van der Waals surface area contributed by atoms with E-state index in [1.54, 1.807) is 11.3 Å². The first-order valence-electron chi connectivity index (χ1n) is 6.94. The number of hydrogen-bond donors (Lipinski definition) is 2. The van der Waals surface area contributed by atoms with Crippen molar-refractivity contribution in [2.24, 2.45) is 0 Å². The lowest BCUT2D eigenvalue weighted by molar-refractivity contribution is 0.637. The van der Waals surface area contributed by atoms with Crippen LogP contribution >= 0.6 is 11.3 Å². The molecule has 3 N–H and O–H groups in total. The number of hydrogen-bond acceptors (Lipinski definition) is 6. The molecule has 3 aromatic rings. The molecule has 0 aliphatic carbocycles. The summed E-state index contributed by atoms with van der Waals surface area (Å²) in [5.41, 5.74) is 6.95. The van der Waals surface area contributed by atoms with E-state index in [0.29, 0.717) is 5.95 Å². The molecule has 6 nitrogen and oxygen atoms in total. The Morgan fingerprint density at radius 3 is 2.95 bits per heavy atom. The molecule has 0 bridgehead atoms. The topological polar surface area (TPSA) is 81.7 Å². The maximum absolute atomic E-state index is 5.79. The Balaban J connectivity index is 1.77. The first-order valence-corrected chi connectivity index (χ1v) is 7.76. The van der Waals surface area contributed by atoms with Crippen LogP contribution in [0.15, 0.2) is 18.5 Å². The smallest absolute Gasteiger partial charge is 0.223 e. The Hall–Kier alpha value is -2.15. The molecule has 110 valence electrons. The summed E-state index contributed by atoms with van der Waals surface area (Å²) in [7, 11) is 0. The van der Waals surface area contributed by atoms with Crippen LogP contribution in [0.2, 0.25) is 0 Å². The molecule has 0 radical (unpaired) electrons. The van der Waals surface area contributed by atoms with E-state index in [4.69, 9.17) is 5.73 Å². The second-order valence-electron chi connectivity index (χ2n) is 4.92. The Kier molecular flexibility index (Phi) is 3.74. The van der Waals surface area contributed by atoms with Crippen molar-refractivity contribution < 1.29 is 0 Å². The zero-order valence-corrected chi connectivity index (χ0v) is 12.9. The monoisotopic (exact) mass is 302 g/mol. The number of nitrogens with two attached hydrogens (primary N) is 1. The van der Waals surface area contributed by atoms with Gasteiger partial charge in [-0.15, -0.1) is 11.3 Å². The minimum Gasteiger partial charge on any atom is -0.368 e. The maximum Gasteiger partial charge on any atom is 0.223 e. The van der Waals surface area contributed by atoms with Gasteiger partial charge < -0.3 is 11.1 Å². The van der Waals surface area contributed by atoms with E-state index in [0.717, 1.165) is 41.1 Å². The van der Waals surface area contributed by atoms with Gasteiger partial charge in [0.1, 0.15) is 10.6 Å². The van der Waals surface area contributed by atoms with Crippen LogP contribution < -0.4 is 11.1 Å². The molecule has 0 saturated carbocycles. The molecule has 0 saturated heterocycles. The molecule has 0 amide bonds. The van der Waals surface area contributed by atoms with Gasteiger partial charge in [0.15, 0.2) is 0 Å². The van der Waals surface area contributed by atoms with Crippen LogP contribution in [-0.4, -0.2) is 26.3 Å². The predicted octanol–water partition coefficient (Wildman–Crippen LogP) is 2.45. The lowest BCUT2D eigenvalue weighted by Gasteiger charge is -2.07. The van der Waals surface area contributed by atoms with Gasteiger partial charge in [-0.05, 0) is 25.0 Å². The summed E-state index contributed by atoms with van der Waals surface area (Å²) in [6.07, 6.45) is 4.87. The number of fused-ring (bicyclic) bond motifs is 1. The third-order valence-electron chi connectivity index (χ3n) is 3.21. The van der Waals surface area contributed by atoms with E-state index < -0.39 is 0 Å². The van der Waals surface area contributed by atoms with E-state index in [1.165, 1.54) is 4.88 Å². The number of rotatable bonds is 5. The van der Waals surface area contributed by atoms with Gasteiger partial charge in [-0.1, -0.05) is 6.92 Å². The number of aryl methyl sites for hydroxylation is 2. The van der Waals surface area contributed by atoms with Crippen LogP contribution in [0.4, 0.5) is 11.8 Å².